The molecule has 2 nitrogen and oxygen atoms in total. The van der Waals surface area contributed by atoms with Crippen LogP contribution in [0.4, 0.5) is 0 Å². The lowest BCUT2D eigenvalue weighted by molar-refractivity contribution is -0.162. The average molecular weight is 675 g/mol. The van der Waals surface area contributed by atoms with Crippen molar-refractivity contribution >= 4 is 5.97 Å². The Balaban J connectivity index is 1.11. The number of allylic oxidation sites excluding steroid dienone is 8. The van der Waals surface area contributed by atoms with E-state index >= 15 is 0 Å². The van der Waals surface area contributed by atoms with Crippen LogP contribution in [0.1, 0.15) is 183 Å². The molecule has 0 N–H and O–H groups in total. The molecular weight excluding hydrogens is 597 g/mol. The van der Waals surface area contributed by atoms with E-state index < -0.39 is 0 Å². The maximum absolute atomic E-state index is 12.8. The molecule has 4 fully saturated rings. The Bertz CT molecular complexity index is 1080. The smallest absolute Gasteiger partial charge is 0.306 e. The van der Waals surface area contributed by atoms with E-state index in [0.29, 0.717) is 17.3 Å². The van der Waals surface area contributed by atoms with E-state index in [9.17, 15) is 4.79 Å². The molecule has 0 saturated heterocycles. The van der Waals surface area contributed by atoms with Gasteiger partial charge < -0.3 is 4.74 Å². The second-order valence-corrected chi connectivity index (χ2v) is 18.1. The van der Waals surface area contributed by atoms with Gasteiger partial charge in [0.25, 0.3) is 0 Å². The Labute approximate surface area is 304 Å². The first-order chi connectivity index (χ1) is 23.7. The van der Waals surface area contributed by atoms with Crippen LogP contribution in [-0.4, -0.2) is 12.1 Å². The van der Waals surface area contributed by atoms with Crippen LogP contribution in [0, 0.1) is 52.3 Å². The molecule has 9 atom stereocenters. The number of esters is 1. The van der Waals surface area contributed by atoms with Gasteiger partial charge in [-0.2, -0.15) is 0 Å². The number of rotatable bonds is 20. The number of carbonyl (C=O) groups is 1. The highest BCUT2D eigenvalue weighted by Gasteiger charge is 2.60. The highest BCUT2D eigenvalue weighted by atomic mass is 16.5. The molecule has 4 aliphatic carbocycles. The van der Waals surface area contributed by atoms with Gasteiger partial charge in [-0.1, -0.05) is 122 Å². The van der Waals surface area contributed by atoms with Crippen molar-refractivity contribution in [2.75, 3.05) is 0 Å². The summed E-state index contributed by atoms with van der Waals surface area (Å²) in [5, 5.41) is 0. The van der Waals surface area contributed by atoms with Crippen LogP contribution in [-0.2, 0) is 9.53 Å². The number of fused-ring (bicyclic) bond motifs is 5. The van der Waals surface area contributed by atoms with Crippen molar-refractivity contribution in [1.82, 2.24) is 0 Å². The number of hydrogen-bond acceptors (Lipinski definition) is 2. The fraction of sp³-hybridized carbons (Fsp3) is 0.809. The summed E-state index contributed by atoms with van der Waals surface area (Å²) in [4.78, 5) is 12.8. The fourth-order valence-electron chi connectivity index (χ4n) is 11.5. The molecule has 0 aromatic heterocycles. The third-order valence-electron chi connectivity index (χ3n) is 14.3. The van der Waals surface area contributed by atoms with Gasteiger partial charge in [-0.05, 0) is 155 Å². The van der Waals surface area contributed by atoms with Gasteiger partial charge in [0, 0.05) is 6.42 Å². The van der Waals surface area contributed by atoms with E-state index in [1.807, 2.05) is 0 Å². The molecule has 49 heavy (non-hydrogen) atoms. The minimum Gasteiger partial charge on any atom is -0.462 e. The van der Waals surface area contributed by atoms with E-state index in [0.717, 1.165) is 86.4 Å². The Morgan fingerprint density at radius 1 is 0.694 bits per heavy atom. The van der Waals surface area contributed by atoms with Crippen molar-refractivity contribution < 1.29 is 9.53 Å². The lowest BCUT2D eigenvalue weighted by Crippen LogP contribution is -2.54. The van der Waals surface area contributed by atoms with Crippen molar-refractivity contribution in [3.8, 4) is 0 Å². The molecule has 278 valence electrons. The van der Waals surface area contributed by atoms with Crippen LogP contribution >= 0.6 is 0 Å². The Hall–Kier alpha value is -1.57. The SMILES string of the molecule is CCCCC/C=C\C/C=C\C/C=C\C/C=C\CCCC(=O)OC1CC[C@@]2(C)C(CC[C@H]3[C@@H]4CC[C@H]([C@H](C)CCCC(C)C)[C@@]4(C)CC[C@@H]32)C1. The quantitative estimate of drug-likeness (QED) is 0.0730. The molecule has 4 rings (SSSR count). The summed E-state index contributed by atoms with van der Waals surface area (Å²) in [6.45, 7) is 15.0. The zero-order chi connectivity index (χ0) is 35.1. The van der Waals surface area contributed by atoms with E-state index in [1.165, 1.54) is 89.9 Å². The summed E-state index contributed by atoms with van der Waals surface area (Å²) in [5.41, 5.74) is 1.02. The standard InChI is InChI=1S/C47H78O2/c1-7-8-9-10-11-12-13-14-15-16-17-18-19-20-21-22-23-27-45(48)49-40-32-34-46(5)39(36-40)28-29-41-43-31-30-42(38(4)26-24-25-37(2)3)47(43,6)35-33-44(41)46/h11-12,14-15,17-18,20-21,37-44H,7-10,13,16,19,22-36H2,1-6H3/b12-11-,15-14-,18-17-,21-20-/t38-,39?,40?,41+,42-,43+,44+,46+,47-/m1/s1. The lowest BCUT2D eigenvalue weighted by atomic mass is 9.44. The van der Waals surface area contributed by atoms with Crippen molar-refractivity contribution in [3.05, 3.63) is 48.6 Å². The second kappa shape index (κ2) is 20.5. The molecule has 0 bridgehead atoms. The lowest BCUT2D eigenvalue weighted by Gasteiger charge is -2.61. The molecule has 4 saturated carbocycles. The molecule has 0 amide bonds. The number of hydrogen-bond donors (Lipinski definition) is 0. The Morgan fingerprint density at radius 3 is 2.00 bits per heavy atom. The molecule has 0 aromatic carbocycles. The summed E-state index contributed by atoms with van der Waals surface area (Å²) in [6.07, 6.45) is 45.2. The predicted molar refractivity (Wildman–Crippen MR) is 211 cm³/mol. The van der Waals surface area contributed by atoms with Crippen molar-refractivity contribution in [1.29, 1.82) is 0 Å². The first kappa shape index (κ1) is 40.2. The number of unbranched alkanes of at least 4 members (excludes halogenated alkanes) is 4. The molecule has 0 aromatic rings. The van der Waals surface area contributed by atoms with Gasteiger partial charge in [0.2, 0.25) is 0 Å². The van der Waals surface area contributed by atoms with Crippen LogP contribution in [0.2, 0.25) is 0 Å². The van der Waals surface area contributed by atoms with E-state index in [4.69, 9.17) is 4.74 Å². The zero-order valence-corrected chi connectivity index (χ0v) is 33.1. The fourth-order valence-corrected chi connectivity index (χ4v) is 11.5. The topological polar surface area (TPSA) is 26.3 Å². The summed E-state index contributed by atoms with van der Waals surface area (Å²) >= 11 is 0. The zero-order valence-electron chi connectivity index (χ0n) is 33.1. The number of carbonyl (C=O) groups excluding carboxylic acids is 1. The molecule has 0 spiro atoms. The highest BCUT2D eigenvalue weighted by Crippen LogP contribution is 2.68. The minimum atomic E-state index is 0.0334. The Kier molecular flexibility index (Phi) is 16.8. The molecule has 2 heteroatoms. The average Bonchev–Trinajstić information content (AvgIpc) is 3.43. The minimum absolute atomic E-state index is 0.0334. The molecule has 0 aliphatic heterocycles. The van der Waals surface area contributed by atoms with E-state index in [2.05, 4.69) is 90.2 Å². The van der Waals surface area contributed by atoms with E-state index in [1.54, 1.807) is 0 Å². The van der Waals surface area contributed by atoms with Crippen LogP contribution in [0.25, 0.3) is 0 Å². The molecule has 4 aliphatic rings. The second-order valence-electron chi connectivity index (χ2n) is 18.1. The van der Waals surface area contributed by atoms with Crippen molar-refractivity contribution in [3.63, 3.8) is 0 Å². The maximum atomic E-state index is 12.8. The van der Waals surface area contributed by atoms with Gasteiger partial charge in [0.15, 0.2) is 0 Å². The predicted octanol–water partition coefficient (Wildman–Crippen LogP) is 14.2. The van der Waals surface area contributed by atoms with Gasteiger partial charge in [-0.25, -0.2) is 0 Å². The molecule has 0 radical (unpaired) electrons. The Morgan fingerprint density at radius 2 is 1.33 bits per heavy atom. The molecular formula is C47H78O2. The van der Waals surface area contributed by atoms with Crippen LogP contribution in [0.3, 0.4) is 0 Å². The van der Waals surface area contributed by atoms with Crippen molar-refractivity contribution in [2.45, 2.75) is 189 Å². The first-order valence-corrected chi connectivity index (χ1v) is 21.5. The summed E-state index contributed by atoms with van der Waals surface area (Å²) in [5.74, 6) is 6.20. The molecule has 2 unspecified atom stereocenters. The van der Waals surface area contributed by atoms with E-state index in [-0.39, 0.29) is 12.1 Å². The van der Waals surface area contributed by atoms with Crippen LogP contribution in [0.5, 0.6) is 0 Å². The normalized spacial score (nSPS) is 33.9. The maximum Gasteiger partial charge on any atom is 0.306 e. The van der Waals surface area contributed by atoms with Crippen molar-refractivity contribution in [2.24, 2.45) is 52.3 Å². The van der Waals surface area contributed by atoms with Gasteiger partial charge in [-0.3, -0.25) is 4.79 Å². The van der Waals surface area contributed by atoms with Gasteiger partial charge >= 0.3 is 5.97 Å². The molecule has 0 heterocycles. The monoisotopic (exact) mass is 675 g/mol. The third-order valence-corrected chi connectivity index (χ3v) is 14.3. The summed E-state index contributed by atoms with van der Waals surface area (Å²) in [6, 6.07) is 0. The van der Waals surface area contributed by atoms with Gasteiger partial charge in [-0.15, -0.1) is 0 Å². The van der Waals surface area contributed by atoms with Crippen LogP contribution in [0.15, 0.2) is 48.6 Å². The van der Waals surface area contributed by atoms with Gasteiger partial charge in [0.05, 0.1) is 0 Å². The summed E-state index contributed by atoms with van der Waals surface area (Å²) in [7, 11) is 0. The summed E-state index contributed by atoms with van der Waals surface area (Å²) < 4.78 is 6.14. The number of ether oxygens (including phenoxy) is 1. The highest BCUT2D eigenvalue weighted by molar-refractivity contribution is 5.69. The first-order valence-electron chi connectivity index (χ1n) is 21.5. The third kappa shape index (κ3) is 11.5. The largest absolute Gasteiger partial charge is 0.462 e. The van der Waals surface area contributed by atoms with Crippen LogP contribution < -0.4 is 0 Å². The van der Waals surface area contributed by atoms with Gasteiger partial charge in [0.1, 0.15) is 6.10 Å².